The van der Waals surface area contributed by atoms with E-state index in [1.54, 1.807) is 17.5 Å². The Bertz CT molecular complexity index is 724. The number of carbonyl (C=O) groups excluding carboxylic acids is 2. The highest BCUT2D eigenvalue weighted by Gasteiger charge is 2.33. The Labute approximate surface area is 157 Å². The van der Waals surface area contributed by atoms with Gasteiger partial charge in [0.25, 0.3) is 5.91 Å². The maximum Gasteiger partial charge on any atom is 0.407 e. The van der Waals surface area contributed by atoms with Crippen molar-refractivity contribution in [3.8, 4) is 10.6 Å². The number of amides is 2. The number of alkyl carbamates (subject to hydrolysis) is 1. The number of benzene rings is 1. The van der Waals surface area contributed by atoms with E-state index in [1.165, 1.54) is 7.11 Å². The standard InChI is InChI=1S/C18H24N4O3S/c1-18(2,3)14(21-17(24)25-4)15(23)22-20-11-12-5-7-13(8-6-12)16-19-9-10-26-16/h5-10,14,20H,11H2,1-4H3,(H,21,24)(H,22,23)/t14-/m1/s1. The predicted octanol–water partition coefficient (Wildman–Crippen LogP) is 2.70. The van der Waals surface area contributed by atoms with Crippen LogP contribution < -0.4 is 16.2 Å². The van der Waals surface area contributed by atoms with Gasteiger partial charge >= 0.3 is 6.09 Å². The summed E-state index contributed by atoms with van der Waals surface area (Å²) in [6, 6.07) is 7.21. The minimum Gasteiger partial charge on any atom is -0.453 e. The molecule has 0 bridgehead atoms. The molecule has 7 nitrogen and oxygen atoms in total. The number of ether oxygens (including phenoxy) is 1. The van der Waals surface area contributed by atoms with Gasteiger partial charge in [0.05, 0.1) is 7.11 Å². The molecule has 2 amide bonds. The summed E-state index contributed by atoms with van der Waals surface area (Å²) in [5, 5.41) is 5.47. The largest absolute Gasteiger partial charge is 0.453 e. The van der Waals surface area contributed by atoms with Crippen molar-refractivity contribution < 1.29 is 14.3 Å². The fourth-order valence-electron chi connectivity index (χ4n) is 2.29. The number of thiazole rings is 1. The molecular weight excluding hydrogens is 352 g/mol. The molecule has 0 spiro atoms. The van der Waals surface area contributed by atoms with Crippen molar-refractivity contribution >= 4 is 23.3 Å². The summed E-state index contributed by atoms with van der Waals surface area (Å²) in [6.07, 6.45) is 1.14. The number of nitrogens with one attached hydrogen (secondary N) is 3. The Kier molecular flexibility index (Phi) is 6.70. The molecule has 2 rings (SSSR count). The molecular formula is C18H24N4O3S. The molecule has 2 aromatic rings. The molecule has 26 heavy (non-hydrogen) atoms. The lowest BCUT2D eigenvalue weighted by molar-refractivity contribution is -0.126. The zero-order valence-corrected chi connectivity index (χ0v) is 16.1. The van der Waals surface area contributed by atoms with Crippen molar-refractivity contribution in [2.75, 3.05) is 7.11 Å². The summed E-state index contributed by atoms with van der Waals surface area (Å²) in [7, 11) is 1.26. The molecule has 0 saturated carbocycles. The first kappa shape index (κ1) is 19.9. The van der Waals surface area contributed by atoms with Gasteiger partial charge in [-0.1, -0.05) is 45.0 Å². The summed E-state index contributed by atoms with van der Waals surface area (Å²) in [5.74, 6) is -0.331. The van der Waals surface area contributed by atoms with Crippen LogP contribution in [0.1, 0.15) is 26.3 Å². The van der Waals surface area contributed by atoms with Crippen LogP contribution in [-0.2, 0) is 16.1 Å². The maximum atomic E-state index is 12.4. The van der Waals surface area contributed by atoms with E-state index < -0.39 is 17.6 Å². The first-order valence-electron chi connectivity index (χ1n) is 8.17. The van der Waals surface area contributed by atoms with Gasteiger partial charge in [0.2, 0.25) is 0 Å². The van der Waals surface area contributed by atoms with Crippen LogP contribution in [0.3, 0.4) is 0 Å². The third kappa shape index (κ3) is 5.53. The normalized spacial score (nSPS) is 12.3. The Balaban J connectivity index is 1.89. The lowest BCUT2D eigenvalue weighted by Crippen LogP contribution is -2.56. The van der Waals surface area contributed by atoms with Crippen LogP contribution in [0.15, 0.2) is 35.8 Å². The Hall–Kier alpha value is -2.45. The lowest BCUT2D eigenvalue weighted by atomic mass is 9.86. The van der Waals surface area contributed by atoms with E-state index in [0.717, 1.165) is 16.1 Å². The smallest absolute Gasteiger partial charge is 0.407 e. The fraction of sp³-hybridized carbons (Fsp3) is 0.389. The van der Waals surface area contributed by atoms with E-state index in [0.29, 0.717) is 6.54 Å². The van der Waals surface area contributed by atoms with Gasteiger partial charge in [0.15, 0.2) is 0 Å². The van der Waals surface area contributed by atoms with E-state index in [9.17, 15) is 9.59 Å². The highest BCUT2D eigenvalue weighted by molar-refractivity contribution is 7.13. The van der Waals surface area contributed by atoms with Gasteiger partial charge in [-0.2, -0.15) is 0 Å². The average Bonchev–Trinajstić information content (AvgIpc) is 3.13. The van der Waals surface area contributed by atoms with Gasteiger partial charge in [-0.25, -0.2) is 15.2 Å². The number of aromatic nitrogens is 1. The van der Waals surface area contributed by atoms with Gasteiger partial charge < -0.3 is 10.1 Å². The molecule has 0 aliphatic heterocycles. The Morgan fingerprint density at radius 3 is 2.46 bits per heavy atom. The average molecular weight is 376 g/mol. The number of hydrazine groups is 1. The predicted molar refractivity (Wildman–Crippen MR) is 101 cm³/mol. The minimum atomic E-state index is -0.727. The molecule has 1 aromatic heterocycles. The van der Waals surface area contributed by atoms with Crippen LogP contribution in [0.25, 0.3) is 10.6 Å². The number of methoxy groups -OCH3 is 1. The number of nitrogens with zero attached hydrogens (tertiary/aromatic N) is 1. The van der Waals surface area contributed by atoms with Crippen LogP contribution in [0.5, 0.6) is 0 Å². The summed E-state index contributed by atoms with van der Waals surface area (Å²) < 4.78 is 4.59. The lowest BCUT2D eigenvalue weighted by Gasteiger charge is -2.29. The number of hydrogen-bond acceptors (Lipinski definition) is 6. The maximum absolute atomic E-state index is 12.4. The van der Waals surface area contributed by atoms with Crippen LogP contribution in [0.4, 0.5) is 4.79 Å². The van der Waals surface area contributed by atoms with Crippen molar-refractivity contribution in [1.82, 2.24) is 21.2 Å². The molecule has 0 radical (unpaired) electrons. The third-order valence-corrected chi connectivity index (χ3v) is 4.54. The van der Waals surface area contributed by atoms with Crippen LogP contribution in [0.2, 0.25) is 0 Å². The van der Waals surface area contributed by atoms with E-state index >= 15 is 0 Å². The summed E-state index contributed by atoms with van der Waals surface area (Å²) >= 11 is 1.59. The molecule has 0 aliphatic carbocycles. The zero-order valence-electron chi connectivity index (χ0n) is 15.3. The van der Waals surface area contributed by atoms with E-state index in [4.69, 9.17) is 0 Å². The van der Waals surface area contributed by atoms with Gasteiger partial charge in [-0.05, 0) is 11.0 Å². The quantitative estimate of drug-likeness (QED) is 0.674. The summed E-state index contributed by atoms with van der Waals surface area (Å²) in [6.45, 7) is 6.05. The van der Waals surface area contributed by atoms with E-state index in [1.807, 2.05) is 50.4 Å². The monoisotopic (exact) mass is 376 g/mol. The molecule has 1 atom stereocenters. The molecule has 3 N–H and O–H groups in total. The highest BCUT2D eigenvalue weighted by Crippen LogP contribution is 2.22. The molecule has 1 heterocycles. The van der Waals surface area contributed by atoms with Crippen molar-refractivity contribution in [2.24, 2.45) is 5.41 Å². The van der Waals surface area contributed by atoms with Gasteiger partial charge in [0, 0.05) is 23.7 Å². The zero-order chi connectivity index (χ0) is 19.2. The second-order valence-electron chi connectivity index (χ2n) is 6.81. The van der Waals surface area contributed by atoms with Gasteiger partial charge in [-0.15, -0.1) is 11.3 Å². The van der Waals surface area contributed by atoms with Crippen molar-refractivity contribution in [3.05, 3.63) is 41.4 Å². The van der Waals surface area contributed by atoms with Gasteiger partial charge in [0.1, 0.15) is 11.0 Å². The Morgan fingerprint density at radius 1 is 1.23 bits per heavy atom. The molecule has 1 aromatic carbocycles. The molecule has 0 aliphatic rings. The third-order valence-electron chi connectivity index (χ3n) is 3.71. The molecule has 8 heteroatoms. The highest BCUT2D eigenvalue weighted by atomic mass is 32.1. The SMILES string of the molecule is COC(=O)N[C@H](C(=O)NNCc1ccc(-c2nccs2)cc1)C(C)(C)C. The van der Waals surface area contributed by atoms with Crippen LogP contribution in [0, 0.1) is 5.41 Å². The van der Waals surface area contributed by atoms with E-state index in [2.05, 4.69) is 25.9 Å². The second-order valence-corrected chi connectivity index (χ2v) is 7.71. The van der Waals surface area contributed by atoms with Gasteiger partial charge in [-0.3, -0.25) is 10.2 Å². The molecule has 0 saturated heterocycles. The van der Waals surface area contributed by atoms with Crippen molar-refractivity contribution in [1.29, 1.82) is 0 Å². The first-order valence-corrected chi connectivity index (χ1v) is 9.05. The molecule has 140 valence electrons. The van der Waals surface area contributed by atoms with Crippen molar-refractivity contribution in [3.63, 3.8) is 0 Å². The van der Waals surface area contributed by atoms with Crippen LogP contribution in [-0.4, -0.2) is 30.1 Å². The number of carbonyl (C=O) groups is 2. The van der Waals surface area contributed by atoms with Crippen LogP contribution >= 0.6 is 11.3 Å². The van der Waals surface area contributed by atoms with E-state index in [-0.39, 0.29) is 5.91 Å². The number of rotatable bonds is 6. The number of hydrogen-bond donors (Lipinski definition) is 3. The topological polar surface area (TPSA) is 92.3 Å². The molecule has 0 unspecified atom stereocenters. The summed E-state index contributed by atoms with van der Waals surface area (Å²) in [4.78, 5) is 28.1. The summed E-state index contributed by atoms with van der Waals surface area (Å²) in [5.41, 5.74) is 7.14. The second kappa shape index (κ2) is 8.77. The first-order chi connectivity index (χ1) is 12.3. The molecule has 0 fully saturated rings. The fourth-order valence-corrected chi connectivity index (χ4v) is 2.93. The minimum absolute atomic E-state index is 0.331. The van der Waals surface area contributed by atoms with Crippen molar-refractivity contribution in [2.45, 2.75) is 33.4 Å². The Morgan fingerprint density at radius 2 is 1.92 bits per heavy atom.